The van der Waals surface area contributed by atoms with Crippen LogP contribution in [0.2, 0.25) is 10.0 Å². The molecule has 1 N–H and O–H groups in total. The molecule has 0 aliphatic heterocycles. The highest BCUT2D eigenvalue weighted by Gasteiger charge is 2.17. The summed E-state index contributed by atoms with van der Waals surface area (Å²) < 4.78 is 1.79. The van der Waals surface area contributed by atoms with E-state index >= 15 is 0 Å². The number of hydrogen-bond acceptors (Lipinski definition) is 2. The van der Waals surface area contributed by atoms with Gasteiger partial charge in [-0.15, -0.1) is 0 Å². The lowest BCUT2D eigenvalue weighted by molar-refractivity contribution is 0.102. The molecular weight excluding hydrogens is 417 g/mol. The molecule has 0 spiro atoms. The Labute approximate surface area is 185 Å². The van der Waals surface area contributed by atoms with E-state index in [2.05, 4.69) is 10.4 Å². The Morgan fingerprint density at radius 3 is 2.33 bits per heavy atom. The summed E-state index contributed by atoms with van der Waals surface area (Å²) in [7, 11) is 0. The molecule has 0 unspecified atom stereocenters. The summed E-state index contributed by atoms with van der Waals surface area (Å²) in [6.45, 7) is 4.06. The Morgan fingerprint density at radius 1 is 0.867 bits per heavy atom. The maximum Gasteiger partial charge on any atom is 0.276 e. The molecule has 0 atom stereocenters. The van der Waals surface area contributed by atoms with E-state index in [1.807, 2.05) is 62.4 Å². The molecule has 0 aliphatic carbocycles. The highest BCUT2D eigenvalue weighted by atomic mass is 35.5. The maximum absolute atomic E-state index is 12.9. The Kier molecular flexibility index (Phi) is 5.62. The predicted molar refractivity (Wildman–Crippen MR) is 123 cm³/mol. The van der Waals surface area contributed by atoms with Crippen LogP contribution in [0.25, 0.3) is 16.9 Å². The van der Waals surface area contributed by atoms with Crippen molar-refractivity contribution in [2.24, 2.45) is 0 Å². The molecule has 4 rings (SSSR count). The highest BCUT2D eigenvalue weighted by Crippen LogP contribution is 2.27. The summed E-state index contributed by atoms with van der Waals surface area (Å²) in [6, 6.07) is 22.9. The molecule has 4 nitrogen and oxygen atoms in total. The molecule has 150 valence electrons. The number of nitrogens with one attached hydrogen (secondary N) is 1. The zero-order valence-corrected chi connectivity index (χ0v) is 18.0. The van der Waals surface area contributed by atoms with Crippen LogP contribution in [-0.4, -0.2) is 15.7 Å². The molecule has 0 bridgehead atoms. The fourth-order valence-corrected chi connectivity index (χ4v) is 3.45. The van der Waals surface area contributed by atoms with E-state index in [9.17, 15) is 4.79 Å². The fraction of sp³-hybridized carbons (Fsp3) is 0.0833. The van der Waals surface area contributed by atoms with Gasteiger partial charge in [-0.05, 0) is 55.8 Å². The molecule has 6 heteroatoms. The number of nitrogens with zero attached hydrogens (tertiary/aromatic N) is 2. The molecule has 30 heavy (non-hydrogen) atoms. The second-order valence-electron chi connectivity index (χ2n) is 7.11. The number of benzene rings is 3. The van der Waals surface area contributed by atoms with Crippen LogP contribution in [0.4, 0.5) is 5.69 Å². The summed E-state index contributed by atoms with van der Waals surface area (Å²) in [4.78, 5) is 12.9. The van der Waals surface area contributed by atoms with Gasteiger partial charge in [0.2, 0.25) is 0 Å². The number of carbonyl (C=O) groups excluding carboxylic acids is 1. The summed E-state index contributed by atoms with van der Waals surface area (Å²) in [5.74, 6) is -0.326. The van der Waals surface area contributed by atoms with Crippen LogP contribution in [0, 0.1) is 13.8 Å². The standard InChI is InChI=1S/C24H19Cl2N3O/c1-15-6-8-17(9-7-15)23-14-22(28-29(23)19-5-3-4-16(2)12-19)24(30)27-18-10-11-20(25)21(26)13-18/h3-14H,1-2H3,(H,27,30). The van der Waals surface area contributed by atoms with Gasteiger partial charge in [0.25, 0.3) is 5.91 Å². The van der Waals surface area contributed by atoms with Gasteiger partial charge in [-0.2, -0.15) is 5.10 Å². The number of anilines is 1. The molecule has 0 saturated carbocycles. The van der Waals surface area contributed by atoms with Crippen molar-refractivity contribution in [2.45, 2.75) is 13.8 Å². The predicted octanol–water partition coefficient (Wildman–Crippen LogP) is 6.72. The molecule has 3 aromatic carbocycles. The van der Waals surface area contributed by atoms with E-state index < -0.39 is 0 Å². The first-order chi connectivity index (χ1) is 14.4. The zero-order valence-electron chi connectivity index (χ0n) is 16.5. The van der Waals surface area contributed by atoms with E-state index in [4.69, 9.17) is 23.2 Å². The molecule has 0 aliphatic rings. The molecule has 1 amide bonds. The van der Waals surface area contributed by atoms with Gasteiger partial charge in [0, 0.05) is 11.3 Å². The summed E-state index contributed by atoms with van der Waals surface area (Å²) in [5.41, 5.74) is 5.83. The number of hydrogen-bond donors (Lipinski definition) is 1. The minimum Gasteiger partial charge on any atom is -0.321 e. The van der Waals surface area contributed by atoms with Gasteiger partial charge < -0.3 is 5.32 Å². The Bertz CT molecular complexity index is 1230. The van der Waals surface area contributed by atoms with Crippen LogP contribution in [0.15, 0.2) is 72.8 Å². The molecule has 4 aromatic rings. The number of amides is 1. The first-order valence-electron chi connectivity index (χ1n) is 9.41. The average molecular weight is 436 g/mol. The first kappa shape index (κ1) is 20.2. The van der Waals surface area contributed by atoms with Gasteiger partial charge in [0.05, 0.1) is 21.4 Å². The van der Waals surface area contributed by atoms with Gasteiger partial charge in [-0.3, -0.25) is 4.79 Å². The van der Waals surface area contributed by atoms with Crippen molar-refractivity contribution >= 4 is 34.8 Å². The minimum absolute atomic E-state index is 0.304. The van der Waals surface area contributed by atoms with Crippen molar-refractivity contribution in [1.29, 1.82) is 0 Å². The smallest absolute Gasteiger partial charge is 0.276 e. The van der Waals surface area contributed by atoms with Crippen molar-refractivity contribution in [3.05, 3.63) is 99.7 Å². The Balaban J connectivity index is 1.75. The van der Waals surface area contributed by atoms with E-state index in [0.29, 0.717) is 21.4 Å². The van der Waals surface area contributed by atoms with Crippen molar-refractivity contribution in [3.8, 4) is 16.9 Å². The number of rotatable bonds is 4. The largest absolute Gasteiger partial charge is 0.321 e. The van der Waals surface area contributed by atoms with E-state index in [-0.39, 0.29) is 5.91 Å². The third-order valence-electron chi connectivity index (χ3n) is 4.71. The third kappa shape index (κ3) is 4.25. The number of halogens is 2. The molecule has 1 aromatic heterocycles. The van der Waals surface area contributed by atoms with Crippen molar-refractivity contribution in [2.75, 3.05) is 5.32 Å². The topological polar surface area (TPSA) is 46.9 Å². The van der Waals surface area contributed by atoms with Gasteiger partial charge >= 0.3 is 0 Å². The SMILES string of the molecule is Cc1ccc(-c2cc(C(=O)Nc3ccc(Cl)c(Cl)c3)nn2-c2cccc(C)c2)cc1. The molecule has 0 saturated heterocycles. The van der Waals surface area contributed by atoms with Crippen LogP contribution in [0.3, 0.4) is 0 Å². The van der Waals surface area contributed by atoms with Gasteiger partial charge in [-0.25, -0.2) is 4.68 Å². The van der Waals surface area contributed by atoms with Crippen LogP contribution < -0.4 is 5.32 Å². The van der Waals surface area contributed by atoms with Gasteiger partial charge in [-0.1, -0.05) is 65.2 Å². The van der Waals surface area contributed by atoms with Crippen LogP contribution in [0.1, 0.15) is 21.6 Å². The maximum atomic E-state index is 12.9. The van der Waals surface area contributed by atoms with Gasteiger partial charge in [0.1, 0.15) is 0 Å². The third-order valence-corrected chi connectivity index (χ3v) is 5.45. The van der Waals surface area contributed by atoms with E-state index in [0.717, 1.165) is 28.1 Å². The van der Waals surface area contributed by atoms with E-state index in [1.54, 1.807) is 28.9 Å². The Morgan fingerprint density at radius 2 is 1.63 bits per heavy atom. The highest BCUT2D eigenvalue weighted by molar-refractivity contribution is 6.42. The summed E-state index contributed by atoms with van der Waals surface area (Å²) in [6.07, 6.45) is 0. The fourth-order valence-electron chi connectivity index (χ4n) is 3.15. The molecular formula is C24H19Cl2N3O. The number of carbonyl (C=O) groups is 1. The summed E-state index contributed by atoms with van der Waals surface area (Å²) in [5, 5.41) is 8.24. The lowest BCUT2D eigenvalue weighted by atomic mass is 10.1. The molecule has 1 heterocycles. The monoisotopic (exact) mass is 435 g/mol. The van der Waals surface area contributed by atoms with Crippen molar-refractivity contribution in [1.82, 2.24) is 9.78 Å². The number of aromatic nitrogens is 2. The average Bonchev–Trinajstić information content (AvgIpc) is 3.17. The van der Waals surface area contributed by atoms with Crippen LogP contribution >= 0.6 is 23.2 Å². The minimum atomic E-state index is -0.326. The quantitative estimate of drug-likeness (QED) is 0.386. The van der Waals surface area contributed by atoms with Gasteiger partial charge in [0.15, 0.2) is 5.69 Å². The van der Waals surface area contributed by atoms with Crippen molar-refractivity contribution in [3.63, 3.8) is 0 Å². The normalized spacial score (nSPS) is 10.8. The lowest BCUT2D eigenvalue weighted by Crippen LogP contribution is -2.13. The second-order valence-corrected chi connectivity index (χ2v) is 7.93. The first-order valence-corrected chi connectivity index (χ1v) is 10.2. The second kappa shape index (κ2) is 8.34. The van der Waals surface area contributed by atoms with E-state index in [1.165, 1.54) is 0 Å². The Hall–Kier alpha value is -3.08. The molecule has 0 radical (unpaired) electrons. The van der Waals surface area contributed by atoms with Crippen LogP contribution in [0.5, 0.6) is 0 Å². The number of aryl methyl sites for hydroxylation is 2. The van der Waals surface area contributed by atoms with Crippen molar-refractivity contribution < 1.29 is 4.79 Å². The van der Waals surface area contributed by atoms with Crippen LogP contribution in [-0.2, 0) is 0 Å². The summed E-state index contributed by atoms with van der Waals surface area (Å²) >= 11 is 12.0. The zero-order chi connectivity index (χ0) is 21.3. The lowest BCUT2D eigenvalue weighted by Gasteiger charge is -2.08. The molecule has 0 fully saturated rings.